The van der Waals surface area contributed by atoms with Crippen molar-refractivity contribution in [1.29, 1.82) is 0 Å². The summed E-state index contributed by atoms with van der Waals surface area (Å²) in [6.45, 7) is 0.166. The monoisotopic (exact) mass is 688 g/mol. The van der Waals surface area contributed by atoms with E-state index in [-0.39, 0.29) is 37.8 Å². The highest BCUT2D eigenvalue weighted by molar-refractivity contribution is 6.30. The third-order valence-electron chi connectivity index (χ3n) is 7.22. The van der Waals surface area contributed by atoms with Gasteiger partial charge in [0.1, 0.15) is 24.7 Å². The van der Waals surface area contributed by atoms with Gasteiger partial charge in [0.25, 0.3) is 0 Å². The van der Waals surface area contributed by atoms with Gasteiger partial charge in [0, 0.05) is 24.4 Å². The Hall–Kier alpha value is -4.69. The average Bonchev–Trinajstić information content (AvgIpc) is 3.06. The van der Waals surface area contributed by atoms with Gasteiger partial charge in [0.15, 0.2) is 0 Å². The first-order valence-corrected chi connectivity index (χ1v) is 16.2. The van der Waals surface area contributed by atoms with E-state index >= 15 is 0 Å². The van der Waals surface area contributed by atoms with Crippen molar-refractivity contribution in [1.82, 2.24) is 21.3 Å². The van der Waals surface area contributed by atoms with Gasteiger partial charge in [-0.15, -0.1) is 0 Å². The van der Waals surface area contributed by atoms with Crippen molar-refractivity contribution in [2.75, 3.05) is 19.7 Å². The molecule has 0 saturated heterocycles. The van der Waals surface area contributed by atoms with E-state index in [0.29, 0.717) is 23.6 Å². The molecule has 0 aliphatic carbocycles. The van der Waals surface area contributed by atoms with Crippen molar-refractivity contribution in [2.45, 2.75) is 75.9 Å². The van der Waals surface area contributed by atoms with Crippen LogP contribution in [0, 0.1) is 0 Å². The van der Waals surface area contributed by atoms with Crippen molar-refractivity contribution < 1.29 is 38.6 Å². The summed E-state index contributed by atoms with van der Waals surface area (Å²) in [4.78, 5) is 75.5. The number of ether oxygens (including phenoxy) is 1. The number of unbranched alkanes of at least 4 members (excludes halogenated alkanes) is 4. The standard InChI is InChI=1S/C33H45ClN6O8/c34-24-16-14-22(15-17-24)20-26(29(42)39-25(31(44)45)12-9-19-37-33(36)47)40-30(43)27(21-48-32(46)23-10-5-4-6-11-23)38-28(41)13-7-2-1-3-8-18-35/h4-6,10-11,14-17,25-27H,1-3,7-9,12-13,18-21,35H2,(H,38,41)(H,39,42)(H,40,43)(H,44,45)(H3,36,37,47)/t25-,26+,27-/m0/s1. The van der Waals surface area contributed by atoms with Crippen molar-refractivity contribution in [3.8, 4) is 0 Å². The summed E-state index contributed by atoms with van der Waals surface area (Å²) in [6.07, 6.45) is 4.33. The maximum absolute atomic E-state index is 13.6. The van der Waals surface area contributed by atoms with E-state index < -0.39 is 60.4 Å². The fraction of sp³-hybridized carbons (Fsp3) is 0.455. The Morgan fingerprint density at radius 2 is 1.40 bits per heavy atom. The van der Waals surface area contributed by atoms with E-state index in [9.17, 15) is 33.9 Å². The predicted octanol–water partition coefficient (Wildman–Crippen LogP) is 2.03. The van der Waals surface area contributed by atoms with Gasteiger partial charge in [-0.05, 0) is 62.1 Å². The van der Waals surface area contributed by atoms with E-state index in [0.717, 1.165) is 25.7 Å². The van der Waals surface area contributed by atoms with E-state index in [2.05, 4.69) is 21.3 Å². The van der Waals surface area contributed by atoms with E-state index in [4.69, 9.17) is 27.8 Å². The number of carbonyl (C=O) groups excluding carboxylic acids is 5. The van der Waals surface area contributed by atoms with Crippen molar-refractivity contribution in [3.63, 3.8) is 0 Å². The number of carbonyl (C=O) groups is 6. The van der Waals surface area contributed by atoms with Gasteiger partial charge in [-0.1, -0.05) is 61.2 Å². The minimum Gasteiger partial charge on any atom is -0.480 e. The molecule has 0 aromatic heterocycles. The summed E-state index contributed by atoms with van der Waals surface area (Å²) in [6, 6.07) is 9.81. The second kappa shape index (κ2) is 22.0. The van der Waals surface area contributed by atoms with E-state index in [1.54, 1.807) is 42.5 Å². The van der Waals surface area contributed by atoms with Gasteiger partial charge in [-0.25, -0.2) is 14.4 Å². The molecule has 0 aliphatic heterocycles. The highest BCUT2D eigenvalue weighted by Crippen LogP contribution is 2.12. The molecular formula is C33H45ClN6O8. The lowest BCUT2D eigenvalue weighted by Gasteiger charge is -2.25. The molecule has 3 atom stereocenters. The molecule has 0 spiro atoms. The van der Waals surface area contributed by atoms with Gasteiger partial charge in [-0.3, -0.25) is 14.4 Å². The van der Waals surface area contributed by atoms with Crippen LogP contribution in [0.5, 0.6) is 0 Å². The molecule has 0 unspecified atom stereocenters. The lowest BCUT2D eigenvalue weighted by molar-refractivity contribution is -0.142. The number of benzene rings is 2. The molecule has 15 heteroatoms. The second-order valence-corrected chi connectivity index (χ2v) is 11.6. The zero-order chi connectivity index (χ0) is 35.3. The summed E-state index contributed by atoms with van der Waals surface area (Å²) >= 11 is 6.01. The summed E-state index contributed by atoms with van der Waals surface area (Å²) in [7, 11) is 0. The van der Waals surface area contributed by atoms with Gasteiger partial charge >= 0.3 is 18.0 Å². The van der Waals surface area contributed by atoms with Gasteiger partial charge < -0.3 is 42.6 Å². The molecule has 48 heavy (non-hydrogen) atoms. The molecule has 2 aromatic carbocycles. The number of amides is 5. The first kappa shape index (κ1) is 39.5. The maximum Gasteiger partial charge on any atom is 0.338 e. The Balaban J connectivity index is 2.21. The Morgan fingerprint density at radius 3 is 2.04 bits per heavy atom. The highest BCUT2D eigenvalue weighted by Gasteiger charge is 2.30. The fourth-order valence-electron chi connectivity index (χ4n) is 4.61. The Morgan fingerprint density at radius 1 is 0.771 bits per heavy atom. The topological polar surface area (TPSA) is 232 Å². The lowest BCUT2D eigenvalue weighted by atomic mass is 10.0. The Kier molecular flexibility index (Phi) is 18.1. The SMILES string of the molecule is NCCCCCCCC(=O)N[C@@H](COC(=O)c1ccccc1)C(=O)N[C@H](Cc1ccc(Cl)cc1)C(=O)N[C@@H](CCCNC(N)=O)C(=O)O. The van der Waals surface area contributed by atoms with E-state index in [1.807, 2.05) is 0 Å². The molecule has 0 bridgehead atoms. The molecule has 0 radical (unpaired) electrons. The predicted molar refractivity (Wildman–Crippen MR) is 179 cm³/mol. The minimum atomic E-state index is -1.36. The zero-order valence-electron chi connectivity index (χ0n) is 26.8. The first-order valence-electron chi connectivity index (χ1n) is 15.8. The Bertz CT molecular complexity index is 1350. The normalized spacial score (nSPS) is 12.5. The van der Waals surface area contributed by atoms with Crippen LogP contribution in [-0.2, 0) is 30.3 Å². The molecule has 0 aliphatic rings. The number of hydrogen-bond acceptors (Lipinski definition) is 8. The number of nitrogens with two attached hydrogens (primary N) is 2. The minimum absolute atomic E-state index is 0.0384. The largest absolute Gasteiger partial charge is 0.480 e. The van der Waals surface area contributed by atoms with Crippen molar-refractivity contribution >= 4 is 47.3 Å². The summed E-state index contributed by atoms with van der Waals surface area (Å²) < 4.78 is 5.37. The summed E-state index contributed by atoms with van der Waals surface area (Å²) in [5.74, 6) is -4.11. The van der Waals surface area contributed by atoms with Crippen molar-refractivity contribution in [3.05, 3.63) is 70.7 Å². The lowest BCUT2D eigenvalue weighted by Crippen LogP contribution is -2.57. The van der Waals surface area contributed by atoms with Crippen LogP contribution in [0.15, 0.2) is 54.6 Å². The smallest absolute Gasteiger partial charge is 0.338 e. The molecule has 262 valence electrons. The molecule has 0 heterocycles. The average molecular weight is 689 g/mol. The molecular weight excluding hydrogens is 644 g/mol. The third-order valence-corrected chi connectivity index (χ3v) is 7.47. The fourth-order valence-corrected chi connectivity index (χ4v) is 4.74. The molecule has 2 rings (SSSR count). The number of hydrogen-bond donors (Lipinski definition) is 7. The maximum atomic E-state index is 13.6. The second-order valence-electron chi connectivity index (χ2n) is 11.1. The number of rotatable bonds is 22. The van der Waals surface area contributed by atoms with Crippen LogP contribution in [0.1, 0.15) is 67.3 Å². The van der Waals surface area contributed by atoms with Crippen molar-refractivity contribution in [2.24, 2.45) is 11.5 Å². The van der Waals surface area contributed by atoms with E-state index in [1.165, 1.54) is 12.1 Å². The number of nitrogens with one attached hydrogen (secondary N) is 4. The number of aliphatic carboxylic acids is 1. The summed E-state index contributed by atoms with van der Waals surface area (Å²) in [5.41, 5.74) is 11.4. The van der Waals surface area contributed by atoms with Crippen LogP contribution in [0.4, 0.5) is 4.79 Å². The summed E-state index contributed by atoms with van der Waals surface area (Å²) in [5, 5.41) is 20.2. The molecule has 14 nitrogen and oxygen atoms in total. The Labute approximate surface area is 284 Å². The molecule has 2 aromatic rings. The molecule has 9 N–H and O–H groups in total. The van der Waals surface area contributed by atoms with Gasteiger partial charge in [-0.2, -0.15) is 0 Å². The number of primary amides is 1. The van der Waals surface area contributed by atoms with Crippen LogP contribution < -0.4 is 32.7 Å². The van der Waals surface area contributed by atoms with Gasteiger partial charge in [0.05, 0.1) is 5.56 Å². The quantitative estimate of drug-likeness (QED) is 0.0707. The molecule has 0 fully saturated rings. The van der Waals surface area contributed by atoms with Crippen LogP contribution in [0.2, 0.25) is 5.02 Å². The number of urea groups is 1. The molecule has 0 saturated carbocycles. The number of halogens is 1. The third kappa shape index (κ3) is 15.7. The molecule has 5 amide bonds. The number of carboxylic acid groups (broad SMARTS) is 1. The number of esters is 1. The zero-order valence-corrected chi connectivity index (χ0v) is 27.5. The van der Waals surface area contributed by atoms with Crippen LogP contribution in [-0.4, -0.2) is 78.6 Å². The van der Waals surface area contributed by atoms with Crippen LogP contribution in [0.25, 0.3) is 0 Å². The highest BCUT2D eigenvalue weighted by atomic mass is 35.5. The number of carboxylic acids is 1. The van der Waals surface area contributed by atoms with Crippen LogP contribution in [0.3, 0.4) is 0 Å². The van der Waals surface area contributed by atoms with Gasteiger partial charge in [0.2, 0.25) is 17.7 Å². The van der Waals surface area contributed by atoms with Crippen LogP contribution >= 0.6 is 11.6 Å². The first-order chi connectivity index (χ1) is 23.0.